The monoisotopic (exact) mass is 307 g/mol. The molecule has 1 aromatic heterocycles. The van der Waals surface area contributed by atoms with Crippen molar-refractivity contribution in [3.63, 3.8) is 0 Å². The third-order valence-electron chi connectivity index (χ3n) is 5.33. The third kappa shape index (κ3) is 3.33. The maximum absolute atomic E-state index is 4.77. The van der Waals surface area contributed by atoms with Crippen molar-refractivity contribution in [3.8, 4) is 0 Å². The fourth-order valence-corrected chi connectivity index (χ4v) is 4.97. The average molecular weight is 308 g/mol. The summed E-state index contributed by atoms with van der Waals surface area (Å²) in [5.41, 5.74) is 1.62. The summed E-state index contributed by atoms with van der Waals surface area (Å²) >= 11 is 1.89. The molecule has 2 heterocycles. The molecule has 0 radical (unpaired) electrons. The first-order chi connectivity index (χ1) is 10.1. The van der Waals surface area contributed by atoms with Gasteiger partial charge in [0.25, 0.3) is 0 Å². The summed E-state index contributed by atoms with van der Waals surface area (Å²) in [6, 6.07) is 0.686. The van der Waals surface area contributed by atoms with Crippen molar-refractivity contribution in [1.29, 1.82) is 0 Å². The Hall–Kier alpha value is -0.450. The Morgan fingerprint density at radius 3 is 2.71 bits per heavy atom. The van der Waals surface area contributed by atoms with Crippen LogP contribution in [0.25, 0.3) is 0 Å². The minimum Gasteiger partial charge on any atom is -0.308 e. The number of hydrogen-bond acceptors (Lipinski definition) is 4. The van der Waals surface area contributed by atoms with Crippen LogP contribution in [0.5, 0.6) is 0 Å². The molecule has 1 aliphatic carbocycles. The highest BCUT2D eigenvalue weighted by Gasteiger charge is 2.40. The molecule has 1 aromatic rings. The standard InChI is InChI=1S/C17H29N3S/c1-4-7-15-10-18-17(8-5-6-9-17)12-20(15)11-16-19-13(2)14(3)21-16/h15,18H,4-12H2,1-3H3. The van der Waals surface area contributed by atoms with E-state index in [9.17, 15) is 0 Å². The number of nitrogens with one attached hydrogen (secondary N) is 1. The molecule has 0 bridgehead atoms. The van der Waals surface area contributed by atoms with Crippen molar-refractivity contribution in [2.45, 2.75) is 77.4 Å². The van der Waals surface area contributed by atoms with Gasteiger partial charge in [-0.25, -0.2) is 4.98 Å². The quantitative estimate of drug-likeness (QED) is 0.920. The SMILES string of the molecule is CCCC1CNC2(CCCC2)CN1Cc1nc(C)c(C)s1. The molecule has 3 nitrogen and oxygen atoms in total. The predicted molar refractivity (Wildman–Crippen MR) is 89.9 cm³/mol. The van der Waals surface area contributed by atoms with Crippen molar-refractivity contribution in [2.24, 2.45) is 0 Å². The summed E-state index contributed by atoms with van der Waals surface area (Å²) in [7, 11) is 0. The lowest BCUT2D eigenvalue weighted by atomic mass is 9.91. The maximum atomic E-state index is 4.77. The van der Waals surface area contributed by atoms with Crippen LogP contribution in [0.1, 0.15) is 61.0 Å². The van der Waals surface area contributed by atoms with Crippen molar-refractivity contribution < 1.29 is 0 Å². The van der Waals surface area contributed by atoms with E-state index in [1.54, 1.807) is 0 Å². The lowest BCUT2D eigenvalue weighted by molar-refractivity contribution is 0.0689. The topological polar surface area (TPSA) is 28.2 Å². The van der Waals surface area contributed by atoms with Crippen LogP contribution in [0.3, 0.4) is 0 Å². The van der Waals surface area contributed by atoms with E-state index in [-0.39, 0.29) is 0 Å². The van der Waals surface area contributed by atoms with E-state index >= 15 is 0 Å². The highest BCUT2D eigenvalue weighted by Crippen LogP contribution is 2.34. The average Bonchev–Trinajstić information content (AvgIpc) is 3.02. The molecule has 118 valence electrons. The van der Waals surface area contributed by atoms with Gasteiger partial charge in [-0.3, -0.25) is 4.90 Å². The molecule has 1 saturated carbocycles. The maximum Gasteiger partial charge on any atom is 0.107 e. The zero-order valence-corrected chi connectivity index (χ0v) is 14.6. The van der Waals surface area contributed by atoms with E-state index in [0.717, 1.165) is 13.1 Å². The van der Waals surface area contributed by atoms with Gasteiger partial charge in [0.05, 0.1) is 12.2 Å². The van der Waals surface area contributed by atoms with Crippen LogP contribution in [0.15, 0.2) is 0 Å². The minimum absolute atomic E-state index is 0.408. The summed E-state index contributed by atoms with van der Waals surface area (Å²) < 4.78 is 0. The van der Waals surface area contributed by atoms with Gasteiger partial charge < -0.3 is 5.32 Å². The van der Waals surface area contributed by atoms with Gasteiger partial charge in [0, 0.05) is 29.5 Å². The zero-order valence-electron chi connectivity index (χ0n) is 13.7. The third-order valence-corrected chi connectivity index (χ3v) is 6.39. The normalized spacial score (nSPS) is 25.8. The lowest BCUT2D eigenvalue weighted by Crippen LogP contribution is -2.62. The zero-order chi connectivity index (χ0) is 14.9. The number of piperazine rings is 1. The Morgan fingerprint density at radius 1 is 1.33 bits per heavy atom. The van der Waals surface area contributed by atoms with E-state index in [0.29, 0.717) is 11.6 Å². The van der Waals surface area contributed by atoms with Crippen LogP contribution in [-0.2, 0) is 6.54 Å². The summed E-state index contributed by atoms with van der Waals surface area (Å²) in [4.78, 5) is 8.87. The smallest absolute Gasteiger partial charge is 0.107 e. The Labute approximate surface area is 133 Å². The van der Waals surface area contributed by atoms with E-state index in [1.165, 1.54) is 60.6 Å². The van der Waals surface area contributed by atoms with Crippen LogP contribution in [0.2, 0.25) is 0 Å². The molecule has 1 N–H and O–H groups in total. The summed E-state index contributed by atoms with van der Waals surface area (Å²) in [6.45, 7) is 10.1. The Balaban J connectivity index is 1.73. The van der Waals surface area contributed by atoms with Gasteiger partial charge in [-0.15, -0.1) is 11.3 Å². The van der Waals surface area contributed by atoms with E-state index < -0.39 is 0 Å². The van der Waals surface area contributed by atoms with Gasteiger partial charge in [-0.05, 0) is 33.1 Å². The molecular formula is C17H29N3S. The number of nitrogens with zero attached hydrogens (tertiary/aromatic N) is 2. The molecule has 0 aromatic carbocycles. The molecule has 1 aliphatic heterocycles. The van der Waals surface area contributed by atoms with Crippen LogP contribution in [0, 0.1) is 13.8 Å². The van der Waals surface area contributed by atoms with Crippen LogP contribution in [0.4, 0.5) is 0 Å². The van der Waals surface area contributed by atoms with Crippen LogP contribution < -0.4 is 5.32 Å². The molecule has 3 rings (SSSR count). The van der Waals surface area contributed by atoms with Gasteiger partial charge in [0.15, 0.2) is 0 Å². The molecule has 1 atom stereocenters. The molecular weight excluding hydrogens is 278 g/mol. The number of aryl methyl sites for hydroxylation is 2. The van der Waals surface area contributed by atoms with Crippen LogP contribution >= 0.6 is 11.3 Å². The fourth-order valence-electron chi connectivity index (χ4n) is 4.01. The van der Waals surface area contributed by atoms with Crippen molar-refractivity contribution in [1.82, 2.24) is 15.2 Å². The van der Waals surface area contributed by atoms with E-state index in [1.807, 2.05) is 11.3 Å². The first-order valence-electron chi connectivity index (χ1n) is 8.54. The minimum atomic E-state index is 0.408. The van der Waals surface area contributed by atoms with Gasteiger partial charge in [0.1, 0.15) is 5.01 Å². The van der Waals surface area contributed by atoms with Gasteiger partial charge in [0.2, 0.25) is 0 Å². The largest absolute Gasteiger partial charge is 0.308 e. The van der Waals surface area contributed by atoms with E-state index in [4.69, 9.17) is 4.98 Å². The Morgan fingerprint density at radius 2 is 2.10 bits per heavy atom. The predicted octanol–water partition coefficient (Wildman–Crippen LogP) is 3.65. The second kappa shape index (κ2) is 6.35. The van der Waals surface area contributed by atoms with Crippen molar-refractivity contribution in [2.75, 3.05) is 13.1 Å². The molecule has 1 spiro atoms. The number of rotatable bonds is 4. The van der Waals surface area contributed by atoms with Crippen molar-refractivity contribution >= 4 is 11.3 Å². The highest BCUT2D eigenvalue weighted by atomic mass is 32.1. The molecule has 21 heavy (non-hydrogen) atoms. The number of hydrogen-bond donors (Lipinski definition) is 1. The molecule has 2 aliphatic rings. The molecule has 4 heteroatoms. The van der Waals surface area contributed by atoms with Crippen molar-refractivity contribution in [3.05, 3.63) is 15.6 Å². The second-order valence-electron chi connectivity index (χ2n) is 6.97. The van der Waals surface area contributed by atoms with Crippen LogP contribution in [-0.4, -0.2) is 34.6 Å². The molecule has 1 unspecified atom stereocenters. The highest BCUT2D eigenvalue weighted by molar-refractivity contribution is 7.11. The second-order valence-corrected chi connectivity index (χ2v) is 8.25. The van der Waals surface area contributed by atoms with Gasteiger partial charge in [-0.2, -0.15) is 0 Å². The van der Waals surface area contributed by atoms with Gasteiger partial charge >= 0.3 is 0 Å². The molecule has 1 saturated heterocycles. The first-order valence-corrected chi connectivity index (χ1v) is 9.35. The van der Waals surface area contributed by atoms with Gasteiger partial charge in [-0.1, -0.05) is 26.2 Å². The Bertz CT molecular complexity index is 457. The van der Waals surface area contributed by atoms with E-state index in [2.05, 4.69) is 31.0 Å². The lowest BCUT2D eigenvalue weighted by Gasteiger charge is -2.46. The number of thiazole rings is 1. The number of aromatic nitrogens is 1. The first kappa shape index (κ1) is 15.4. The summed E-state index contributed by atoms with van der Waals surface area (Å²) in [6.07, 6.45) is 8.08. The summed E-state index contributed by atoms with van der Waals surface area (Å²) in [5, 5.41) is 5.21. The molecule has 2 fully saturated rings. The fraction of sp³-hybridized carbons (Fsp3) is 0.824. The Kier molecular flexibility index (Phi) is 4.67. The summed E-state index contributed by atoms with van der Waals surface area (Å²) in [5.74, 6) is 0. The molecule has 0 amide bonds.